The summed E-state index contributed by atoms with van der Waals surface area (Å²) in [5, 5.41) is 0. The molecular weight excluding hydrogens is 336 g/mol. The van der Waals surface area contributed by atoms with E-state index in [1.807, 2.05) is 43.3 Å². The maximum Gasteiger partial charge on any atom is 0.190 e. The molecule has 0 aliphatic heterocycles. The molecule has 1 aliphatic rings. The number of carbonyl (C=O) groups excluding carboxylic acids is 1. The van der Waals surface area contributed by atoms with Crippen LogP contribution in [0.1, 0.15) is 60.7 Å². The smallest absolute Gasteiger partial charge is 0.190 e. The highest BCUT2D eigenvalue weighted by Crippen LogP contribution is 2.45. The molecule has 3 heteroatoms. The van der Waals surface area contributed by atoms with Gasteiger partial charge < -0.3 is 9.47 Å². The van der Waals surface area contributed by atoms with Gasteiger partial charge in [0.25, 0.3) is 0 Å². The van der Waals surface area contributed by atoms with Gasteiger partial charge in [-0.2, -0.15) is 0 Å². The van der Waals surface area contributed by atoms with Crippen molar-refractivity contribution >= 4 is 11.9 Å². The lowest BCUT2D eigenvalue weighted by Crippen LogP contribution is -2.17. The number of ether oxygens (including phenoxy) is 2. The second-order valence-electron chi connectivity index (χ2n) is 7.65. The largest absolute Gasteiger partial charge is 0.497 e. The zero-order chi connectivity index (χ0) is 19.6. The zero-order valence-electron chi connectivity index (χ0n) is 16.9. The fraction of sp³-hybridized carbons (Fsp3) is 0.375. The molecule has 0 N–H and O–H groups in total. The first-order valence-electron chi connectivity index (χ1n) is 9.57. The SMILES string of the molecule is CCCCOc1cc2c(cc1C)C(=O)/C(=C\c1ccc(OC)cc1)C2(C)C. The van der Waals surface area contributed by atoms with Crippen LogP contribution >= 0.6 is 0 Å². The number of benzene rings is 2. The van der Waals surface area contributed by atoms with Crippen molar-refractivity contribution in [1.82, 2.24) is 0 Å². The van der Waals surface area contributed by atoms with Crippen LogP contribution in [0.25, 0.3) is 6.08 Å². The van der Waals surface area contributed by atoms with E-state index in [0.717, 1.165) is 52.2 Å². The van der Waals surface area contributed by atoms with Crippen LogP contribution < -0.4 is 9.47 Å². The van der Waals surface area contributed by atoms with Gasteiger partial charge >= 0.3 is 0 Å². The van der Waals surface area contributed by atoms with E-state index in [9.17, 15) is 4.79 Å². The van der Waals surface area contributed by atoms with Crippen molar-refractivity contribution in [3.05, 3.63) is 64.2 Å². The standard InChI is InChI=1S/C24H28O3/c1-6-7-12-27-22-15-20-19(13-16(22)2)23(25)21(24(20,3)4)14-17-8-10-18(26-5)11-9-17/h8-11,13-15H,6-7,12H2,1-5H3/b21-14+. The summed E-state index contributed by atoms with van der Waals surface area (Å²) < 4.78 is 11.2. The monoisotopic (exact) mass is 364 g/mol. The Morgan fingerprint density at radius 3 is 2.44 bits per heavy atom. The van der Waals surface area contributed by atoms with Crippen LogP contribution in [0.3, 0.4) is 0 Å². The minimum Gasteiger partial charge on any atom is -0.497 e. The van der Waals surface area contributed by atoms with Crippen LogP contribution in [0.2, 0.25) is 0 Å². The molecule has 0 fully saturated rings. The molecule has 0 spiro atoms. The number of unbranched alkanes of at least 4 members (excludes halogenated alkanes) is 1. The minimum atomic E-state index is -0.358. The molecule has 3 nitrogen and oxygen atoms in total. The quantitative estimate of drug-likeness (QED) is 0.484. The Hall–Kier alpha value is -2.55. The fourth-order valence-corrected chi connectivity index (χ4v) is 3.56. The second-order valence-corrected chi connectivity index (χ2v) is 7.65. The second kappa shape index (κ2) is 7.59. The van der Waals surface area contributed by atoms with Gasteiger partial charge in [-0.1, -0.05) is 39.3 Å². The van der Waals surface area contributed by atoms with E-state index >= 15 is 0 Å². The van der Waals surface area contributed by atoms with Crippen molar-refractivity contribution < 1.29 is 14.3 Å². The minimum absolute atomic E-state index is 0.106. The van der Waals surface area contributed by atoms with Crippen molar-refractivity contribution in [2.24, 2.45) is 0 Å². The zero-order valence-corrected chi connectivity index (χ0v) is 16.9. The van der Waals surface area contributed by atoms with Gasteiger partial charge in [-0.05, 0) is 60.4 Å². The molecule has 1 aliphatic carbocycles. The summed E-state index contributed by atoms with van der Waals surface area (Å²) in [6.07, 6.45) is 4.12. The highest BCUT2D eigenvalue weighted by molar-refractivity contribution is 6.17. The van der Waals surface area contributed by atoms with E-state index in [0.29, 0.717) is 6.61 Å². The number of Topliss-reactive ketones (excluding diaryl/α,β-unsaturated/α-hetero) is 1. The summed E-state index contributed by atoms with van der Waals surface area (Å²) in [5.41, 5.74) is 4.30. The fourth-order valence-electron chi connectivity index (χ4n) is 3.56. The molecule has 142 valence electrons. The molecule has 2 aromatic carbocycles. The Bertz CT molecular complexity index is 873. The van der Waals surface area contributed by atoms with Crippen LogP contribution in [0.5, 0.6) is 11.5 Å². The van der Waals surface area contributed by atoms with Crippen molar-refractivity contribution in [2.45, 2.75) is 46.0 Å². The molecule has 0 unspecified atom stereocenters. The maximum atomic E-state index is 13.1. The van der Waals surface area contributed by atoms with E-state index in [2.05, 4.69) is 26.8 Å². The number of aryl methyl sites for hydroxylation is 1. The number of rotatable bonds is 6. The third kappa shape index (κ3) is 3.64. The first-order valence-corrected chi connectivity index (χ1v) is 9.57. The topological polar surface area (TPSA) is 35.5 Å². The summed E-state index contributed by atoms with van der Waals surface area (Å²) in [7, 11) is 1.65. The van der Waals surface area contributed by atoms with Crippen molar-refractivity contribution in [2.75, 3.05) is 13.7 Å². The highest BCUT2D eigenvalue weighted by atomic mass is 16.5. The molecule has 0 amide bonds. The summed E-state index contributed by atoms with van der Waals surface area (Å²) in [4.78, 5) is 13.1. The molecule has 0 aromatic heterocycles. The molecule has 2 aromatic rings. The van der Waals surface area contributed by atoms with Gasteiger partial charge in [-0.15, -0.1) is 0 Å². The lowest BCUT2D eigenvalue weighted by molar-refractivity contribution is 0.103. The van der Waals surface area contributed by atoms with Crippen LogP contribution in [-0.2, 0) is 5.41 Å². The summed E-state index contributed by atoms with van der Waals surface area (Å²) >= 11 is 0. The number of carbonyl (C=O) groups is 1. The maximum absolute atomic E-state index is 13.1. The summed E-state index contributed by atoms with van der Waals surface area (Å²) in [6.45, 7) is 9.08. The highest BCUT2D eigenvalue weighted by Gasteiger charge is 2.41. The predicted molar refractivity (Wildman–Crippen MR) is 110 cm³/mol. The Morgan fingerprint density at radius 1 is 1.11 bits per heavy atom. The van der Waals surface area contributed by atoms with E-state index in [1.165, 1.54) is 0 Å². The molecule has 3 rings (SSSR count). The van der Waals surface area contributed by atoms with Crippen LogP contribution in [-0.4, -0.2) is 19.5 Å². The first kappa shape index (κ1) is 19.2. The summed E-state index contributed by atoms with van der Waals surface area (Å²) in [6, 6.07) is 11.8. The Morgan fingerprint density at radius 2 is 1.81 bits per heavy atom. The lowest BCUT2D eigenvalue weighted by Gasteiger charge is -2.22. The molecule has 0 saturated heterocycles. The first-order chi connectivity index (χ1) is 12.9. The van der Waals surface area contributed by atoms with Gasteiger partial charge in [0, 0.05) is 16.6 Å². The van der Waals surface area contributed by atoms with E-state index in [-0.39, 0.29) is 11.2 Å². The molecular formula is C24H28O3. The van der Waals surface area contributed by atoms with E-state index in [4.69, 9.17) is 9.47 Å². The predicted octanol–water partition coefficient (Wildman–Crippen LogP) is 5.74. The van der Waals surface area contributed by atoms with Gasteiger partial charge in [0.05, 0.1) is 13.7 Å². The lowest BCUT2D eigenvalue weighted by atomic mass is 9.81. The Balaban J connectivity index is 1.98. The van der Waals surface area contributed by atoms with Gasteiger partial charge in [-0.3, -0.25) is 4.79 Å². The average Bonchev–Trinajstić information content (AvgIpc) is 2.83. The molecule has 27 heavy (non-hydrogen) atoms. The number of hydrogen-bond donors (Lipinski definition) is 0. The normalized spacial score (nSPS) is 16.5. The average molecular weight is 364 g/mol. The molecule has 0 heterocycles. The van der Waals surface area contributed by atoms with Crippen molar-refractivity contribution in [1.29, 1.82) is 0 Å². The van der Waals surface area contributed by atoms with E-state index < -0.39 is 0 Å². The van der Waals surface area contributed by atoms with Gasteiger partial charge in [0.15, 0.2) is 5.78 Å². The Kier molecular flexibility index (Phi) is 5.41. The van der Waals surface area contributed by atoms with Gasteiger partial charge in [0.2, 0.25) is 0 Å². The third-order valence-electron chi connectivity index (χ3n) is 5.33. The van der Waals surface area contributed by atoms with Crippen molar-refractivity contribution in [3.8, 4) is 11.5 Å². The number of fused-ring (bicyclic) bond motifs is 1. The van der Waals surface area contributed by atoms with Crippen LogP contribution in [0, 0.1) is 6.92 Å². The molecule has 0 saturated carbocycles. The van der Waals surface area contributed by atoms with Crippen LogP contribution in [0.15, 0.2) is 42.0 Å². The molecule has 0 bridgehead atoms. The van der Waals surface area contributed by atoms with Crippen LogP contribution in [0.4, 0.5) is 0 Å². The van der Waals surface area contributed by atoms with Gasteiger partial charge in [0.1, 0.15) is 11.5 Å². The molecule has 0 atom stereocenters. The number of hydrogen-bond acceptors (Lipinski definition) is 3. The number of allylic oxidation sites excluding steroid dienone is 1. The van der Waals surface area contributed by atoms with Crippen molar-refractivity contribution in [3.63, 3.8) is 0 Å². The summed E-state index contributed by atoms with van der Waals surface area (Å²) in [5.74, 6) is 1.80. The molecule has 0 radical (unpaired) electrons. The van der Waals surface area contributed by atoms with E-state index in [1.54, 1.807) is 7.11 Å². The van der Waals surface area contributed by atoms with Gasteiger partial charge in [-0.25, -0.2) is 0 Å². The number of methoxy groups -OCH3 is 1. The third-order valence-corrected chi connectivity index (χ3v) is 5.33. The number of ketones is 1. The Labute approximate surface area is 162 Å².